The lowest BCUT2D eigenvalue weighted by Gasteiger charge is -2.19. The molecule has 2 rings (SSSR count). The van der Waals surface area contributed by atoms with E-state index in [2.05, 4.69) is 0 Å². The molecule has 0 aliphatic carbocycles. The van der Waals surface area contributed by atoms with Crippen LogP contribution < -0.4 is 20.6 Å². The summed E-state index contributed by atoms with van der Waals surface area (Å²) >= 11 is 0. The number of primary amides is 1. The van der Waals surface area contributed by atoms with Gasteiger partial charge in [-0.15, -0.1) is 0 Å². The zero-order valence-corrected chi connectivity index (χ0v) is 15.7. The van der Waals surface area contributed by atoms with Gasteiger partial charge in [0.2, 0.25) is 11.2 Å². The lowest BCUT2D eigenvalue weighted by molar-refractivity contribution is -0.141. The third-order valence-corrected chi connectivity index (χ3v) is 3.95. The number of methoxy groups -OCH3 is 2. The molecule has 1 amide bonds. The smallest absolute Gasteiger partial charge is 0.306 e. The van der Waals surface area contributed by atoms with E-state index in [0.29, 0.717) is 5.56 Å². The molecule has 0 bridgehead atoms. The average molecular weight is 391 g/mol. The second kappa shape index (κ2) is 8.94. The molecule has 150 valence electrons. The van der Waals surface area contributed by atoms with E-state index < -0.39 is 29.0 Å². The lowest BCUT2D eigenvalue weighted by atomic mass is 9.92. The van der Waals surface area contributed by atoms with E-state index in [4.69, 9.17) is 24.4 Å². The number of aromatic hydroxyl groups is 1. The molecular formula is C19H21NO8. The van der Waals surface area contributed by atoms with Crippen LogP contribution in [-0.2, 0) is 14.3 Å². The Morgan fingerprint density at radius 1 is 1.21 bits per heavy atom. The molecule has 0 saturated carbocycles. The maximum atomic E-state index is 12.0. The number of hydrogen-bond donors (Lipinski definition) is 2. The number of rotatable bonds is 8. The van der Waals surface area contributed by atoms with Gasteiger partial charge in [-0.1, -0.05) is 6.07 Å². The first-order chi connectivity index (χ1) is 13.3. The highest BCUT2D eigenvalue weighted by molar-refractivity contribution is 5.75. The Labute approximate surface area is 160 Å². The minimum absolute atomic E-state index is 0.0664. The molecule has 0 radical (unpaired) electrons. The number of hydrogen-bond acceptors (Lipinski definition) is 8. The monoisotopic (exact) mass is 391 g/mol. The number of carbonyl (C=O) groups excluding carboxylic acids is 2. The van der Waals surface area contributed by atoms with Crippen LogP contribution in [0.5, 0.6) is 17.2 Å². The Morgan fingerprint density at radius 3 is 2.54 bits per heavy atom. The molecular weight excluding hydrogens is 370 g/mol. The summed E-state index contributed by atoms with van der Waals surface area (Å²) in [5.74, 6) is -1.89. The highest BCUT2D eigenvalue weighted by Crippen LogP contribution is 2.37. The quantitative estimate of drug-likeness (QED) is 0.641. The zero-order chi connectivity index (χ0) is 20.8. The summed E-state index contributed by atoms with van der Waals surface area (Å²) in [6.07, 6.45) is -0.193. The summed E-state index contributed by atoms with van der Waals surface area (Å²) in [5.41, 5.74) is 4.95. The molecule has 1 aromatic carbocycles. The summed E-state index contributed by atoms with van der Waals surface area (Å²) < 4.78 is 20.8. The molecule has 3 N–H and O–H groups in total. The van der Waals surface area contributed by atoms with Gasteiger partial charge in [-0.2, -0.15) is 0 Å². The fourth-order valence-corrected chi connectivity index (χ4v) is 2.64. The molecule has 1 atom stereocenters. The molecule has 9 nitrogen and oxygen atoms in total. The van der Waals surface area contributed by atoms with Crippen molar-refractivity contribution in [1.29, 1.82) is 0 Å². The second-order valence-corrected chi connectivity index (χ2v) is 5.93. The Kier molecular flexibility index (Phi) is 6.64. The third kappa shape index (κ3) is 4.81. The van der Waals surface area contributed by atoms with Gasteiger partial charge >= 0.3 is 5.97 Å². The van der Waals surface area contributed by atoms with Gasteiger partial charge in [-0.25, -0.2) is 0 Å². The SMILES string of the molecule is COC(=O)CC(c1ccc(OCC(N)=O)c(OC)c1)c1oc(C)cc(=O)c1O. The first-order valence-electron chi connectivity index (χ1n) is 8.26. The van der Waals surface area contributed by atoms with Gasteiger partial charge in [-0.05, 0) is 24.6 Å². The van der Waals surface area contributed by atoms with E-state index in [9.17, 15) is 19.5 Å². The molecule has 0 aliphatic heterocycles. The van der Waals surface area contributed by atoms with Crippen LogP contribution in [0.25, 0.3) is 0 Å². The zero-order valence-electron chi connectivity index (χ0n) is 15.7. The van der Waals surface area contributed by atoms with Crippen molar-refractivity contribution in [3.8, 4) is 17.2 Å². The van der Waals surface area contributed by atoms with Crippen molar-refractivity contribution in [3.63, 3.8) is 0 Å². The van der Waals surface area contributed by atoms with Crippen molar-refractivity contribution >= 4 is 11.9 Å². The van der Waals surface area contributed by atoms with Crippen molar-refractivity contribution in [2.24, 2.45) is 5.73 Å². The van der Waals surface area contributed by atoms with Crippen LogP contribution >= 0.6 is 0 Å². The van der Waals surface area contributed by atoms with Crippen molar-refractivity contribution in [2.75, 3.05) is 20.8 Å². The number of esters is 1. The van der Waals surface area contributed by atoms with E-state index in [1.54, 1.807) is 19.1 Å². The van der Waals surface area contributed by atoms with Crippen LogP contribution in [0, 0.1) is 6.92 Å². The molecule has 9 heteroatoms. The highest BCUT2D eigenvalue weighted by atomic mass is 16.5. The van der Waals surface area contributed by atoms with Crippen LogP contribution in [-0.4, -0.2) is 37.8 Å². The fourth-order valence-electron chi connectivity index (χ4n) is 2.64. The summed E-state index contributed by atoms with van der Waals surface area (Å²) in [5, 5.41) is 10.2. The summed E-state index contributed by atoms with van der Waals surface area (Å²) in [7, 11) is 2.63. The minimum Gasteiger partial charge on any atom is -0.502 e. The van der Waals surface area contributed by atoms with Gasteiger partial charge in [0.15, 0.2) is 23.9 Å². The average Bonchev–Trinajstić information content (AvgIpc) is 2.67. The van der Waals surface area contributed by atoms with Gasteiger partial charge in [0.05, 0.1) is 26.6 Å². The van der Waals surface area contributed by atoms with Crippen LogP contribution in [0.1, 0.15) is 29.4 Å². The Bertz CT molecular complexity index is 934. The van der Waals surface area contributed by atoms with Crippen molar-refractivity contribution in [2.45, 2.75) is 19.3 Å². The molecule has 0 fully saturated rings. The molecule has 0 aliphatic rings. The third-order valence-electron chi connectivity index (χ3n) is 3.95. The minimum atomic E-state index is -0.820. The largest absolute Gasteiger partial charge is 0.502 e. The van der Waals surface area contributed by atoms with E-state index in [1.165, 1.54) is 20.3 Å². The van der Waals surface area contributed by atoms with E-state index in [0.717, 1.165) is 6.07 Å². The summed E-state index contributed by atoms with van der Waals surface area (Å²) in [6.45, 7) is 1.22. The van der Waals surface area contributed by atoms with Crippen molar-refractivity contribution < 1.29 is 33.3 Å². The first kappa shape index (κ1) is 20.8. The standard InChI is InChI=1S/C19H21NO8/c1-10-6-13(21)18(24)19(28-10)12(8-17(23)26-3)11-4-5-14(15(7-11)25-2)27-9-16(20)22/h4-7,12,24H,8-9H2,1-3H3,(H2,20,22). The van der Waals surface area contributed by atoms with Gasteiger partial charge in [-0.3, -0.25) is 14.4 Å². The molecule has 1 heterocycles. The Hall–Kier alpha value is -3.49. The second-order valence-electron chi connectivity index (χ2n) is 5.93. The van der Waals surface area contributed by atoms with Crippen LogP contribution in [0.4, 0.5) is 0 Å². The molecule has 2 aromatic rings. The van der Waals surface area contributed by atoms with Crippen LogP contribution in [0.15, 0.2) is 33.5 Å². The number of amides is 1. The first-order valence-corrected chi connectivity index (χ1v) is 8.26. The number of ether oxygens (including phenoxy) is 3. The number of carbonyl (C=O) groups is 2. The molecule has 28 heavy (non-hydrogen) atoms. The molecule has 1 aromatic heterocycles. The Balaban J connectivity index is 2.54. The van der Waals surface area contributed by atoms with Crippen LogP contribution in [0.3, 0.4) is 0 Å². The van der Waals surface area contributed by atoms with E-state index >= 15 is 0 Å². The number of aryl methyl sites for hydroxylation is 1. The molecule has 0 spiro atoms. The van der Waals surface area contributed by atoms with Crippen LogP contribution in [0.2, 0.25) is 0 Å². The number of nitrogens with two attached hydrogens (primary N) is 1. The normalized spacial score (nSPS) is 11.5. The predicted molar refractivity (Wildman–Crippen MR) is 97.5 cm³/mol. The van der Waals surface area contributed by atoms with Gasteiger partial charge in [0.25, 0.3) is 5.91 Å². The van der Waals surface area contributed by atoms with Crippen molar-refractivity contribution in [3.05, 3.63) is 51.6 Å². The topological polar surface area (TPSA) is 138 Å². The van der Waals surface area contributed by atoms with E-state index in [-0.39, 0.29) is 36.0 Å². The summed E-state index contributed by atoms with van der Waals surface area (Å²) in [6, 6.07) is 5.81. The van der Waals surface area contributed by atoms with Gasteiger partial charge in [0, 0.05) is 6.07 Å². The molecule has 1 unspecified atom stereocenters. The molecule has 0 saturated heterocycles. The fraction of sp³-hybridized carbons (Fsp3) is 0.316. The van der Waals surface area contributed by atoms with E-state index in [1.807, 2.05) is 0 Å². The highest BCUT2D eigenvalue weighted by Gasteiger charge is 2.27. The predicted octanol–water partition coefficient (Wildman–Crippen LogP) is 1.22. The lowest BCUT2D eigenvalue weighted by Crippen LogP contribution is -2.20. The number of benzene rings is 1. The van der Waals surface area contributed by atoms with Gasteiger partial charge in [0.1, 0.15) is 5.76 Å². The maximum Gasteiger partial charge on any atom is 0.306 e. The van der Waals surface area contributed by atoms with Gasteiger partial charge < -0.3 is 29.5 Å². The summed E-state index contributed by atoms with van der Waals surface area (Å²) in [4.78, 5) is 34.8. The van der Waals surface area contributed by atoms with Crippen molar-refractivity contribution in [1.82, 2.24) is 0 Å². The Morgan fingerprint density at radius 2 is 1.93 bits per heavy atom. The maximum absolute atomic E-state index is 12.0.